The number of likely N-dealkylation sites (tertiary alicyclic amines) is 1. The van der Waals surface area contributed by atoms with E-state index in [1.807, 2.05) is 4.90 Å². The zero-order valence-electron chi connectivity index (χ0n) is 13.5. The van der Waals surface area contributed by atoms with E-state index in [1.165, 1.54) is 0 Å². The molecule has 2 heterocycles. The zero-order chi connectivity index (χ0) is 16.7. The Morgan fingerprint density at radius 1 is 1.35 bits per heavy atom. The van der Waals surface area contributed by atoms with Gasteiger partial charge in [-0.25, -0.2) is 4.79 Å². The second-order valence-electron chi connectivity index (χ2n) is 5.55. The fourth-order valence-corrected chi connectivity index (χ4v) is 3.10. The molecule has 0 aromatic carbocycles. The van der Waals surface area contributed by atoms with Gasteiger partial charge in [0.05, 0.1) is 12.3 Å². The molecule has 0 spiro atoms. The maximum absolute atomic E-state index is 12.4. The lowest BCUT2D eigenvalue weighted by molar-refractivity contribution is 0.0694. The molecule has 9 heteroatoms. The Morgan fingerprint density at radius 2 is 2.09 bits per heavy atom. The standard InChI is InChI=1S/C14H23N5O3S/c1-10-12(23-18-17-10)13(20)19-6-3-11(4-7-19)9-16-14(21)15-5-8-22-2/h11H,3-9H2,1-2H3,(H2,15,16,21). The van der Waals surface area contributed by atoms with Crippen LogP contribution in [0.2, 0.25) is 0 Å². The van der Waals surface area contributed by atoms with Crippen LogP contribution >= 0.6 is 11.5 Å². The third-order valence-corrected chi connectivity index (χ3v) is 4.71. The van der Waals surface area contributed by atoms with Crippen LogP contribution in [0.4, 0.5) is 4.79 Å². The summed E-state index contributed by atoms with van der Waals surface area (Å²) in [4.78, 5) is 26.4. The lowest BCUT2D eigenvalue weighted by atomic mass is 9.96. The van der Waals surface area contributed by atoms with Crippen LogP contribution in [0.1, 0.15) is 28.2 Å². The van der Waals surface area contributed by atoms with Crippen LogP contribution in [0.3, 0.4) is 0 Å². The highest BCUT2D eigenvalue weighted by molar-refractivity contribution is 7.07. The van der Waals surface area contributed by atoms with Gasteiger partial charge in [-0.2, -0.15) is 0 Å². The Morgan fingerprint density at radius 3 is 2.70 bits per heavy atom. The monoisotopic (exact) mass is 341 g/mol. The molecule has 23 heavy (non-hydrogen) atoms. The molecule has 0 aliphatic carbocycles. The number of methoxy groups -OCH3 is 1. The third-order valence-electron chi connectivity index (χ3n) is 3.89. The van der Waals surface area contributed by atoms with E-state index in [-0.39, 0.29) is 11.9 Å². The molecular formula is C14H23N5O3S. The van der Waals surface area contributed by atoms with Crippen LogP contribution in [-0.4, -0.2) is 66.3 Å². The third kappa shape index (κ3) is 5.14. The van der Waals surface area contributed by atoms with Gasteiger partial charge in [0.1, 0.15) is 4.88 Å². The average molecular weight is 341 g/mol. The van der Waals surface area contributed by atoms with Gasteiger partial charge in [-0.3, -0.25) is 4.79 Å². The highest BCUT2D eigenvalue weighted by Crippen LogP contribution is 2.20. The second-order valence-corrected chi connectivity index (χ2v) is 6.31. The van der Waals surface area contributed by atoms with Gasteiger partial charge >= 0.3 is 6.03 Å². The maximum Gasteiger partial charge on any atom is 0.314 e. The number of urea groups is 1. The number of nitrogens with zero attached hydrogens (tertiary/aromatic N) is 3. The number of hydrogen-bond donors (Lipinski definition) is 2. The van der Waals surface area contributed by atoms with E-state index in [2.05, 4.69) is 20.2 Å². The van der Waals surface area contributed by atoms with Crippen molar-refractivity contribution in [3.63, 3.8) is 0 Å². The normalized spacial score (nSPS) is 15.5. The largest absolute Gasteiger partial charge is 0.383 e. The minimum atomic E-state index is -0.174. The number of ether oxygens (including phenoxy) is 1. The van der Waals surface area contributed by atoms with Crippen LogP contribution in [-0.2, 0) is 4.74 Å². The van der Waals surface area contributed by atoms with E-state index in [0.717, 1.165) is 24.4 Å². The summed E-state index contributed by atoms with van der Waals surface area (Å²) >= 11 is 1.15. The molecule has 1 aromatic rings. The number of hydrogen-bond acceptors (Lipinski definition) is 6. The smallest absolute Gasteiger partial charge is 0.314 e. The van der Waals surface area contributed by atoms with Gasteiger partial charge in [0.2, 0.25) is 0 Å². The van der Waals surface area contributed by atoms with Crippen molar-refractivity contribution in [2.24, 2.45) is 5.92 Å². The molecular weight excluding hydrogens is 318 g/mol. The Bertz CT molecular complexity index is 528. The van der Waals surface area contributed by atoms with Gasteiger partial charge in [-0.1, -0.05) is 4.49 Å². The molecule has 3 amide bonds. The van der Waals surface area contributed by atoms with Crippen molar-refractivity contribution in [1.29, 1.82) is 0 Å². The summed E-state index contributed by atoms with van der Waals surface area (Å²) in [5.41, 5.74) is 0.691. The first-order valence-electron chi connectivity index (χ1n) is 7.70. The highest BCUT2D eigenvalue weighted by atomic mass is 32.1. The Hall–Kier alpha value is -1.74. The predicted molar refractivity (Wildman–Crippen MR) is 86.6 cm³/mol. The van der Waals surface area contributed by atoms with Crippen LogP contribution in [0.25, 0.3) is 0 Å². The SMILES string of the molecule is COCCNC(=O)NCC1CCN(C(=O)c2snnc2C)CC1. The molecule has 0 atom stereocenters. The fourth-order valence-electron chi connectivity index (χ4n) is 2.48. The van der Waals surface area contributed by atoms with Crippen molar-refractivity contribution in [2.75, 3.05) is 39.9 Å². The molecule has 1 aliphatic heterocycles. The molecule has 1 fully saturated rings. The van der Waals surface area contributed by atoms with E-state index >= 15 is 0 Å². The number of carbonyl (C=O) groups excluding carboxylic acids is 2. The first-order valence-corrected chi connectivity index (χ1v) is 8.48. The number of amides is 3. The predicted octanol–water partition coefficient (Wildman–Crippen LogP) is 0.644. The Kier molecular flexibility index (Phi) is 6.72. The number of carbonyl (C=O) groups is 2. The number of rotatable bonds is 6. The number of aryl methyl sites for hydroxylation is 1. The van der Waals surface area contributed by atoms with Crippen LogP contribution < -0.4 is 10.6 Å². The molecule has 1 aliphatic rings. The van der Waals surface area contributed by atoms with Gasteiger partial charge < -0.3 is 20.3 Å². The Labute approximate surface area is 139 Å². The van der Waals surface area contributed by atoms with E-state index in [4.69, 9.17) is 4.74 Å². The van der Waals surface area contributed by atoms with E-state index in [0.29, 0.717) is 49.3 Å². The molecule has 0 unspecified atom stereocenters. The summed E-state index contributed by atoms with van der Waals surface area (Å²) in [6, 6.07) is -0.174. The summed E-state index contributed by atoms with van der Waals surface area (Å²) in [6.45, 7) is 4.83. The minimum absolute atomic E-state index is 0.0150. The summed E-state index contributed by atoms with van der Waals surface area (Å²) in [5.74, 6) is 0.411. The topological polar surface area (TPSA) is 96.5 Å². The van der Waals surface area contributed by atoms with Crippen molar-refractivity contribution < 1.29 is 14.3 Å². The van der Waals surface area contributed by atoms with E-state index < -0.39 is 0 Å². The van der Waals surface area contributed by atoms with E-state index in [1.54, 1.807) is 14.0 Å². The van der Waals surface area contributed by atoms with Crippen molar-refractivity contribution in [2.45, 2.75) is 19.8 Å². The minimum Gasteiger partial charge on any atom is -0.383 e. The van der Waals surface area contributed by atoms with Crippen molar-refractivity contribution in [3.8, 4) is 0 Å². The van der Waals surface area contributed by atoms with Crippen LogP contribution in [0, 0.1) is 12.8 Å². The van der Waals surface area contributed by atoms with Gasteiger partial charge in [0.15, 0.2) is 0 Å². The maximum atomic E-state index is 12.4. The van der Waals surface area contributed by atoms with Crippen molar-refractivity contribution >= 4 is 23.5 Å². The number of aromatic nitrogens is 2. The highest BCUT2D eigenvalue weighted by Gasteiger charge is 2.26. The van der Waals surface area contributed by atoms with Crippen molar-refractivity contribution in [3.05, 3.63) is 10.6 Å². The number of piperidine rings is 1. The van der Waals surface area contributed by atoms with Crippen LogP contribution in [0.15, 0.2) is 0 Å². The summed E-state index contributed by atoms with van der Waals surface area (Å²) in [6.07, 6.45) is 1.77. The summed E-state index contributed by atoms with van der Waals surface area (Å²) in [5, 5.41) is 9.47. The van der Waals surface area contributed by atoms with E-state index in [9.17, 15) is 9.59 Å². The second kappa shape index (κ2) is 8.78. The quantitative estimate of drug-likeness (QED) is 0.741. The molecule has 0 saturated carbocycles. The fraction of sp³-hybridized carbons (Fsp3) is 0.714. The molecule has 1 saturated heterocycles. The first-order chi connectivity index (χ1) is 11.1. The average Bonchev–Trinajstić information content (AvgIpc) is 2.99. The lowest BCUT2D eigenvalue weighted by Gasteiger charge is -2.31. The molecule has 8 nitrogen and oxygen atoms in total. The number of nitrogens with one attached hydrogen (secondary N) is 2. The lowest BCUT2D eigenvalue weighted by Crippen LogP contribution is -2.44. The summed E-state index contributed by atoms with van der Waals surface area (Å²) < 4.78 is 8.68. The van der Waals surface area contributed by atoms with Gasteiger partial charge in [0.25, 0.3) is 5.91 Å². The molecule has 0 bridgehead atoms. The summed E-state index contributed by atoms with van der Waals surface area (Å²) in [7, 11) is 1.60. The van der Waals surface area contributed by atoms with Gasteiger partial charge in [-0.05, 0) is 37.2 Å². The first kappa shape index (κ1) is 17.6. The Balaban J connectivity index is 1.69. The molecule has 2 rings (SSSR count). The van der Waals surface area contributed by atoms with Crippen LogP contribution in [0.5, 0.6) is 0 Å². The molecule has 0 radical (unpaired) electrons. The van der Waals surface area contributed by atoms with Crippen molar-refractivity contribution in [1.82, 2.24) is 25.1 Å². The van der Waals surface area contributed by atoms with Gasteiger partial charge in [-0.15, -0.1) is 5.10 Å². The molecule has 128 valence electrons. The van der Waals surface area contributed by atoms with Gasteiger partial charge in [0, 0.05) is 33.3 Å². The molecule has 2 N–H and O–H groups in total. The molecule has 1 aromatic heterocycles. The zero-order valence-corrected chi connectivity index (χ0v) is 14.3.